The van der Waals surface area contributed by atoms with Gasteiger partial charge in [-0.05, 0) is 57.7 Å². The van der Waals surface area contributed by atoms with Crippen molar-refractivity contribution >= 4 is 31.8 Å². The highest BCUT2D eigenvalue weighted by Gasteiger charge is 2.64. The zero-order valence-corrected chi connectivity index (χ0v) is 27.7. The van der Waals surface area contributed by atoms with Crippen molar-refractivity contribution in [2.75, 3.05) is 25.5 Å². The number of nitrogens with two attached hydrogens (primary N) is 1. The molecule has 3 aromatic rings. The molecule has 0 bridgehead atoms. The largest absolute Gasteiger partial charge is 0.464 e. The van der Waals surface area contributed by atoms with Gasteiger partial charge in [-0.25, -0.2) is 14.1 Å². The summed E-state index contributed by atoms with van der Waals surface area (Å²) in [7, 11) is -4.20. The Bertz CT molecular complexity index is 1570. The molecular weight excluding hydrogens is 615 g/mol. The molecule has 6 atom stereocenters. The van der Waals surface area contributed by atoms with Crippen molar-refractivity contribution in [2.24, 2.45) is 10.9 Å². The maximum absolute atomic E-state index is 14.3. The fourth-order valence-corrected chi connectivity index (χ4v) is 7.33. The fourth-order valence-electron chi connectivity index (χ4n) is 5.83. The minimum Gasteiger partial charge on any atom is -0.464 e. The lowest BCUT2D eigenvalue weighted by Crippen LogP contribution is -2.44. The zero-order valence-electron chi connectivity index (χ0n) is 26.8. The molecule has 46 heavy (non-hydrogen) atoms. The molecule has 0 unspecified atom stereocenters. The Balaban J connectivity index is 1.42. The molecule has 1 aromatic carbocycles. The molecule has 2 aliphatic rings. The lowest BCUT2D eigenvalue weighted by Gasteiger charge is -2.33. The summed E-state index contributed by atoms with van der Waals surface area (Å²) in [5, 5.41) is 7.16. The lowest BCUT2D eigenvalue weighted by atomic mass is 9.91. The molecule has 250 valence electrons. The van der Waals surface area contributed by atoms with Gasteiger partial charge < -0.3 is 29.2 Å². The highest BCUT2D eigenvalue weighted by atomic mass is 31.2. The van der Waals surface area contributed by atoms with Crippen molar-refractivity contribution in [1.82, 2.24) is 19.7 Å². The average Bonchev–Trinajstić information content (AvgIpc) is 3.68. The molecule has 2 saturated heterocycles. The summed E-state index contributed by atoms with van der Waals surface area (Å²) in [6.45, 7) is 13.0. The minimum atomic E-state index is -4.20. The molecule has 3 N–H and O–H groups in total. The topological polar surface area (TPSA) is 170 Å². The first-order valence-electron chi connectivity index (χ1n) is 15.4. The molecule has 0 amide bonds. The number of benzene rings is 1. The van der Waals surface area contributed by atoms with E-state index in [9.17, 15) is 9.36 Å². The number of hydrogen-bond donors (Lipinski definition) is 2. The van der Waals surface area contributed by atoms with Crippen molar-refractivity contribution < 1.29 is 37.4 Å². The third-order valence-corrected chi connectivity index (χ3v) is 9.92. The van der Waals surface area contributed by atoms with Crippen LogP contribution in [-0.2, 0) is 38.4 Å². The summed E-state index contributed by atoms with van der Waals surface area (Å²) in [5.74, 6) is -0.753. The first-order chi connectivity index (χ1) is 21.9. The number of rotatable bonds is 15. The quantitative estimate of drug-likeness (QED) is 0.135. The molecule has 2 aliphatic heterocycles. The van der Waals surface area contributed by atoms with E-state index >= 15 is 0 Å². The first-order valence-corrected chi connectivity index (χ1v) is 17.0. The van der Waals surface area contributed by atoms with Gasteiger partial charge in [-0.3, -0.25) is 14.3 Å². The summed E-state index contributed by atoms with van der Waals surface area (Å²) >= 11 is 0. The highest BCUT2D eigenvalue weighted by Crippen LogP contribution is 2.52. The number of fused-ring (bicyclic) bond motifs is 2. The van der Waals surface area contributed by atoms with Crippen LogP contribution in [0.3, 0.4) is 0 Å². The Labute approximate surface area is 268 Å². The molecule has 0 radical (unpaired) electrons. The van der Waals surface area contributed by atoms with Crippen LogP contribution in [0.4, 0.5) is 5.82 Å². The number of ether oxygens (including phenoxy) is 4. The normalized spacial score (nSPS) is 25.7. The van der Waals surface area contributed by atoms with E-state index in [0.717, 1.165) is 12.8 Å². The van der Waals surface area contributed by atoms with Crippen LogP contribution in [0.25, 0.3) is 5.52 Å². The third kappa shape index (κ3) is 6.97. The number of para-hydroxylation sites is 1. The van der Waals surface area contributed by atoms with Crippen LogP contribution in [-0.4, -0.2) is 77.2 Å². The summed E-state index contributed by atoms with van der Waals surface area (Å²) in [5.41, 5.74) is 6.06. The van der Waals surface area contributed by atoms with Gasteiger partial charge in [-0.1, -0.05) is 44.9 Å². The second kappa shape index (κ2) is 13.8. The van der Waals surface area contributed by atoms with Gasteiger partial charge in [0, 0.05) is 0 Å². The fraction of sp³-hybridized carbons (Fsp3) is 0.548. The number of hydrogen-bond acceptors (Lipinski definition) is 12. The number of aliphatic imine (C=N–C) groups is 1. The standard InChI is InChI=1S/C31H43N6O8P/c1-7-21(8-2)16-40-29(38)20(3)36-46(39,45-22-12-10-9-11-13-22)41-17-24-26-27(44-30(4,5)43-26)31(42-24,18-33-6)25-15-14-23-28(32)34-19-35-37(23)25/h9-15,19-21,24,26-27H,6-8,16-18H2,1-5H3,(H,36,39)(H2,32,34,35)/t20-,24+,26+,27+,31-,46-/m0/s1. The predicted molar refractivity (Wildman–Crippen MR) is 170 cm³/mol. The Morgan fingerprint density at radius 1 is 1.17 bits per heavy atom. The predicted octanol–water partition coefficient (Wildman–Crippen LogP) is 4.29. The smallest absolute Gasteiger partial charge is 0.459 e. The molecule has 2 aromatic heterocycles. The number of anilines is 1. The Kier molecular flexibility index (Phi) is 10.2. The second-order valence-corrected chi connectivity index (χ2v) is 13.7. The number of nitrogens with one attached hydrogen (secondary N) is 1. The van der Waals surface area contributed by atoms with Crippen LogP contribution in [0.5, 0.6) is 5.75 Å². The van der Waals surface area contributed by atoms with Crippen molar-refractivity contribution in [3.63, 3.8) is 0 Å². The number of carbonyl (C=O) groups excluding carboxylic acids is 1. The monoisotopic (exact) mass is 658 g/mol. The summed E-state index contributed by atoms with van der Waals surface area (Å²) < 4.78 is 52.8. The molecule has 0 aliphatic carbocycles. The Morgan fingerprint density at radius 3 is 2.61 bits per heavy atom. The van der Waals surface area contributed by atoms with E-state index in [0.29, 0.717) is 17.0 Å². The molecule has 0 saturated carbocycles. The number of nitrogens with zero attached hydrogens (tertiary/aromatic N) is 4. The molecule has 0 spiro atoms. The van der Waals surface area contributed by atoms with E-state index in [1.807, 2.05) is 19.9 Å². The SMILES string of the molecule is C=NC[C@@]1(c2ccc3c(N)ncnn23)O[C@H](CO[P@@](=O)(N[C@@H](C)C(=O)OCC(CC)CC)Oc2ccccc2)[C@H]2OC(C)(C)O[C@H]21. The number of nitrogen functional groups attached to an aromatic ring is 1. The van der Waals surface area contributed by atoms with Gasteiger partial charge in [0.2, 0.25) is 0 Å². The van der Waals surface area contributed by atoms with Gasteiger partial charge in [0.05, 0.1) is 25.5 Å². The minimum absolute atomic E-state index is 0.0793. The van der Waals surface area contributed by atoms with E-state index in [1.165, 1.54) is 6.33 Å². The summed E-state index contributed by atoms with van der Waals surface area (Å²) in [4.78, 5) is 21.2. The maximum atomic E-state index is 14.3. The first kappa shape index (κ1) is 34.0. The molecule has 5 rings (SSSR count). The van der Waals surface area contributed by atoms with Crippen LogP contribution in [0.15, 0.2) is 53.8 Å². The lowest BCUT2D eigenvalue weighted by molar-refractivity contribution is -0.213. The van der Waals surface area contributed by atoms with Crippen molar-refractivity contribution in [1.29, 1.82) is 0 Å². The Morgan fingerprint density at radius 2 is 1.91 bits per heavy atom. The second-order valence-electron chi connectivity index (χ2n) is 12.0. The van der Waals surface area contributed by atoms with Gasteiger partial charge in [0.15, 0.2) is 17.2 Å². The van der Waals surface area contributed by atoms with Crippen LogP contribution >= 0.6 is 7.75 Å². The van der Waals surface area contributed by atoms with E-state index < -0.39 is 49.5 Å². The van der Waals surface area contributed by atoms with Crippen molar-refractivity contribution in [3.8, 4) is 5.75 Å². The number of carbonyl (C=O) groups is 1. The van der Waals surface area contributed by atoms with Crippen LogP contribution in [0.2, 0.25) is 0 Å². The number of esters is 1. The van der Waals surface area contributed by atoms with E-state index in [2.05, 4.69) is 26.9 Å². The summed E-state index contributed by atoms with van der Waals surface area (Å²) in [6, 6.07) is 11.1. The van der Waals surface area contributed by atoms with Crippen LogP contribution in [0, 0.1) is 5.92 Å². The van der Waals surface area contributed by atoms with Crippen LogP contribution < -0.4 is 15.3 Å². The molecule has 2 fully saturated rings. The molecular formula is C31H43N6O8P. The van der Waals surface area contributed by atoms with Gasteiger partial charge in [-0.2, -0.15) is 10.2 Å². The number of aromatic nitrogens is 3. The highest BCUT2D eigenvalue weighted by molar-refractivity contribution is 7.52. The van der Waals surface area contributed by atoms with Gasteiger partial charge in [0.25, 0.3) is 0 Å². The third-order valence-electron chi connectivity index (χ3n) is 8.28. The average molecular weight is 659 g/mol. The van der Waals surface area contributed by atoms with Gasteiger partial charge in [-0.15, -0.1) is 0 Å². The van der Waals surface area contributed by atoms with Crippen LogP contribution in [0.1, 0.15) is 53.2 Å². The summed E-state index contributed by atoms with van der Waals surface area (Å²) in [6.07, 6.45) is 0.928. The van der Waals surface area contributed by atoms with Gasteiger partial charge >= 0.3 is 13.7 Å². The maximum Gasteiger partial charge on any atom is 0.459 e. The zero-order chi connectivity index (χ0) is 33.1. The van der Waals surface area contributed by atoms with Gasteiger partial charge in [0.1, 0.15) is 41.9 Å². The Hall–Kier alpha value is -3.39. The molecule has 14 nitrogen and oxygen atoms in total. The van der Waals surface area contributed by atoms with E-state index in [1.54, 1.807) is 61.7 Å². The van der Waals surface area contributed by atoms with Crippen molar-refractivity contribution in [2.45, 2.75) is 83.2 Å². The van der Waals surface area contributed by atoms with Crippen molar-refractivity contribution in [3.05, 3.63) is 54.5 Å². The van der Waals surface area contributed by atoms with E-state index in [4.69, 9.17) is 33.7 Å². The molecule has 4 heterocycles. The molecule has 15 heteroatoms. The van der Waals surface area contributed by atoms with E-state index in [-0.39, 0.29) is 31.4 Å².